The summed E-state index contributed by atoms with van der Waals surface area (Å²) in [5.74, 6) is 0.384. The first kappa shape index (κ1) is 11.9. The van der Waals surface area contributed by atoms with Crippen molar-refractivity contribution in [2.45, 2.75) is 38.1 Å². The molecule has 2 fully saturated rings. The van der Waals surface area contributed by atoms with Crippen LogP contribution >= 0.6 is 0 Å². The molecule has 1 amide bonds. The van der Waals surface area contributed by atoms with Gasteiger partial charge >= 0.3 is 0 Å². The van der Waals surface area contributed by atoms with E-state index in [1.807, 2.05) is 0 Å². The summed E-state index contributed by atoms with van der Waals surface area (Å²) in [7, 11) is 0. The maximum absolute atomic E-state index is 12.0. The highest BCUT2D eigenvalue weighted by Crippen LogP contribution is 2.24. The molecule has 1 aliphatic carbocycles. The van der Waals surface area contributed by atoms with Crippen molar-refractivity contribution in [1.29, 1.82) is 0 Å². The van der Waals surface area contributed by atoms with Gasteiger partial charge in [0.2, 0.25) is 5.91 Å². The molecule has 0 aromatic heterocycles. The molecule has 0 aromatic carbocycles. The third-order valence-electron chi connectivity index (χ3n) is 3.52. The van der Waals surface area contributed by atoms with E-state index in [1.54, 1.807) is 0 Å². The van der Waals surface area contributed by atoms with E-state index in [2.05, 4.69) is 10.6 Å². The van der Waals surface area contributed by atoms with Crippen molar-refractivity contribution in [2.75, 3.05) is 26.3 Å². The number of nitrogens with one attached hydrogen (secondary N) is 2. The van der Waals surface area contributed by atoms with Gasteiger partial charge in [0.05, 0.1) is 12.5 Å². The number of amides is 1. The summed E-state index contributed by atoms with van der Waals surface area (Å²) in [6.07, 6.45) is 5.64. The molecule has 4 heteroatoms. The van der Waals surface area contributed by atoms with E-state index in [1.165, 1.54) is 12.8 Å². The quantitative estimate of drug-likeness (QED) is 0.638. The Labute approximate surface area is 97.1 Å². The first-order valence-corrected chi connectivity index (χ1v) is 6.47. The Morgan fingerprint density at radius 3 is 2.88 bits per heavy atom. The molecule has 1 saturated carbocycles. The van der Waals surface area contributed by atoms with Gasteiger partial charge in [-0.1, -0.05) is 12.8 Å². The Morgan fingerprint density at radius 1 is 1.06 bits per heavy atom. The lowest BCUT2D eigenvalue weighted by atomic mass is 9.83. The number of ether oxygens (including phenoxy) is 1. The molecule has 1 saturated heterocycles. The first-order chi connectivity index (χ1) is 7.88. The number of hydrogen-bond donors (Lipinski definition) is 2. The molecule has 1 aliphatic heterocycles. The van der Waals surface area contributed by atoms with Crippen molar-refractivity contribution >= 4 is 5.91 Å². The van der Waals surface area contributed by atoms with Crippen molar-refractivity contribution < 1.29 is 9.53 Å². The molecule has 1 heterocycles. The molecule has 16 heavy (non-hydrogen) atoms. The average molecular weight is 226 g/mol. The van der Waals surface area contributed by atoms with Crippen LogP contribution in [0.15, 0.2) is 0 Å². The zero-order valence-corrected chi connectivity index (χ0v) is 9.84. The van der Waals surface area contributed by atoms with E-state index >= 15 is 0 Å². The van der Waals surface area contributed by atoms with Crippen molar-refractivity contribution in [2.24, 2.45) is 5.92 Å². The normalized spacial score (nSPS) is 33.4. The van der Waals surface area contributed by atoms with Crippen LogP contribution in [0.1, 0.15) is 32.1 Å². The molecular formula is C12H22N2O2. The Hall–Kier alpha value is -0.610. The summed E-state index contributed by atoms with van der Waals surface area (Å²) in [5, 5.41) is 6.48. The minimum atomic E-state index is 0.173. The lowest BCUT2D eigenvalue weighted by Crippen LogP contribution is -2.46. The number of fused-ring (bicyclic) bond motifs is 1. The highest BCUT2D eigenvalue weighted by Gasteiger charge is 2.30. The molecule has 0 radical (unpaired) electrons. The van der Waals surface area contributed by atoms with Gasteiger partial charge in [0.25, 0.3) is 0 Å². The Kier molecular flexibility index (Phi) is 4.60. The maximum atomic E-state index is 12.0. The topological polar surface area (TPSA) is 50.4 Å². The largest absolute Gasteiger partial charge is 0.380 e. The molecule has 0 bridgehead atoms. The minimum Gasteiger partial charge on any atom is -0.380 e. The highest BCUT2D eigenvalue weighted by atomic mass is 16.5. The molecule has 0 aromatic rings. The van der Waals surface area contributed by atoms with Gasteiger partial charge in [0, 0.05) is 19.2 Å². The Balaban J connectivity index is 1.95. The number of rotatable bonds is 0. The van der Waals surface area contributed by atoms with Gasteiger partial charge in [-0.15, -0.1) is 0 Å². The van der Waals surface area contributed by atoms with Crippen LogP contribution < -0.4 is 10.6 Å². The van der Waals surface area contributed by atoms with E-state index in [-0.39, 0.29) is 11.8 Å². The van der Waals surface area contributed by atoms with Crippen LogP contribution in [0.5, 0.6) is 0 Å². The van der Waals surface area contributed by atoms with Crippen LogP contribution in [-0.4, -0.2) is 38.3 Å². The van der Waals surface area contributed by atoms with Gasteiger partial charge in [-0.2, -0.15) is 0 Å². The lowest BCUT2D eigenvalue weighted by molar-refractivity contribution is -0.126. The fourth-order valence-corrected chi connectivity index (χ4v) is 2.63. The summed E-state index contributed by atoms with van der Waals surface area (Å²) in [4.78, 5) is 12.0. The Bertz CT molecular complexity index is 233. The molecule has 2 rings (SSSR count). The fraction of sp³-hybridized carbons (Fsp3) is 0.917. The first-order valence-electron chi connectivity index (χ1n) is 6.47. The summed E-state index contributed by atoms with van der Waals surface area (Å²) in [5.41, 5.74) is 0. The van der Waals surface area contributed by atoms with E-state index in [4.69, 9.17) is 4.74 Å². The van der Waals surface area contributed by atoms with Gasteiger partial charge in [-0.3, -0.25) is 4.79 Å². The molecule has 2 N–H and O–H groups in total. The molecule has 92 valence electrons. The molecule has 2 atom stereocenters. The van der Waals surface area contributed by atoms with Crippen LogP contribution in [0.25, 0.3) is 0 Å². The number of carbonyl (C=O) groups excluding carboxylic acids is 1. The number of carbonyl (C=O) groups is 1. The van der Waals surface area contributed by atoms with Gasteiger partial charge in [-0.05, 0) is 25.8 Å². The van der Waals surface area contributed by atoms with Crippen LogP contribution in [0.4, 0.5) is 0 Å². The van der Waals surface area contributed by atoms with Gasteiger partial charge in [0.1, 0.15) is 0 Å². The van der Waals surface area contributed by atoms with Crippen molar-refractivity contribution in [3.05, 3.63) is 0 Å². The van der Waals surface area contributed by atoms with E-state index < -0.39 is 0 Å². The second-order valence-corrected chi connectivity index (χ2v) is 4.71. The fourth-order valence-electron chi connectivity index (χ4n) is 2.63. The monoisotopic (exact) mass is 226 g/mol. The predicted octanol–water partition coefficient (Wildman–Crippen LogP) is 0.671. The SMILES string of the molecule is O=C1NCCOCCCNC2CCCCC12. The van der Waals surface area contributed by atoms with E-state index in [0.717, 1.165) is 32.4 Å². The third kappa shape index (κ3) is 3.19. The summed E-state index contributed by atoms with van der Waals surface area (Å²) in [6.45, 7) is 3.06. The van der Waals surface area contributed by atoms with Crippen LogP contribution in [0, 0.1) is 5.92 Å². The van der Waals surface area contributed by atoms with E-state index in [9.17, 15) is 4.79 Å². The van der Waals surface area contributed by atoms with Crippen LogP contribution in [-0.2, 0) is 9.53 Å². The van der Waals surface area contributed by atoms with Gasteiger partial charge in [-0.25, -0.2) is 0 Å². The molecule has 4 nitrogen and oxygen atoms in total. The smallest absolute Gasteiger partial charge is 0.224 e. The van der Waals surface area contributed by atoms with Crippen molar-refractivity contribution in [1.82, 2.24) is 10.6 Å². The average Bonchev–Trinajstić information content (AvgIpc) is 2.35. The lowest BCUT2D eigenvalue weighted by Gasteiger charge is -2.31. The highest BCUT2D eigenvalue weighted by molar-refractivity contribution is 5.79. The van der Waals surface area contributed by atoms with Gasteiger partial charge in [0.15, 0.2) is 0 Å². The zero-order valence-electron chi connectivity index (χ0n) is 9.84. The molecule has 2 unspecified atom stereocenters. The van der Waals surface area contributed by atoms with Crippen LogP contribution in [0.2, 0.25) is 0 Å². The summed E-state index contributed by atoms with van der Waals surface area (Å²) < 4.78 is 5.41. The summed E-state index contributed by atoms with van der Waals surface area (Å²) in [6, 6.07) is 0.381. The molecular weight excluding hydrogens is 204 g/mol. The zero-order chi connectivity index (χ0) is 11.2. The third-order valence-corrected chi connectivity index (χ3v) is 3.52. The number of hydrogen-bond acceptors (Lipinski definition) is 3. The molecule has 0 spiro atoms. The second kappa shape index (κ2) is 6.21. The van der Waals surface area contributed by atoms with Crippen molar-refractivity contribution in [3.8, 4) is 0 Å². The maximum Gasteiger partial charge on any atom is 0.224 e. The standard InChI is InChI=1S/C12H22N2O2/c15-12-10-4-1-2-5-11(10)13-6-3-8-16-9-7-14-12/h10-11,13H,1-9H2,(H,14,15). The van der Waals surface area contributed by atoms with E-state index in [0.29, 0.717) is 19.2 Å². The molecule has 2 aliphatic rings. The summed E-state index contributed by atoms with van der Waals surface area (Å²) >= 11 is 0. The van der Waals surface area contributed by atoms with Gasteiger partial charge < -0.3 is 15.4 Å². The Morgan fingerprint density at radius 2 is 1.94 bits per heavy atom. The predicted molar refractivity (Wildman–Crippen MR) is 62.2 cm³/mol. The van der Waals surface area contributed by atoms with Crippen molar-refractivity contribution in [3.63, 3.8) is 0 Å². The second-order valence-electron chi connectivity index (χ2n) is 4.71. The minimum absolute atomic E-state index is 0.173. The van der Waals surface area contributed by atoms with Crippen LogP contribution in [0.3, 0.4) is 0 Å².